The Morgan fingerprint density at radius 3 is 2.58 bits per heavy atom. The van der Waals surface area contributed by atoms with Crippen LogP contribution in [0.4, 0.5) is 12.9 Å². The van der Waals surface area contributed by atoms with Crippen molar-refractivity contribution in [2.24, 2.45) is 0 Å². The largest absolute Gasteiger partial charge is 0.499 e. The van der Waals surface area contributed by atoms with Gasteiger partial charge < -0.3 is 18.1 Å². The zero-order chi connectivity index (χ0) is 9.19. The predicted octanol–water partition coefficient (Wildman–Crippen LogP) is 0.157. The van der Waals surface area contributed by atoms with E-state index in [4.69, 9.17) is 5.11 Å². The van der Waals surface area contributed by atoms with Crippen molar-refractivity contribution in [3.8, 4) is 0 Å². The van der Waals surface area contributed by atoms with Crippen molar-refractivity contribution in [3.05, 3.63) is 11.9 Å². The van der Waals surface area contributed by atoms with Gasteiger partial charge in [-0.25, -0.2) is 0 Å². The second-order valence-electron chi connectivity index (χ2n) is 2.30. The molecule has 0 unspecified atom stereocenters. The molecule has 0 atom stereocenters. The molecule has 0 radical (unpaired) electrons. The summed E-state index contributed by atoms with van der Waals surface area (Å²) in [5, 5.41) is 14.9. The predicted molar refractivity (Wildman–Crippen MR) is 35.0 cm³/mol. The lowest BCUT2D eigenvalue weighted by molar-refractivity contribution is 0.276. The van der Waals surface area contributed by atoms with E-state index in [1.165, 1.54) is 0 Å². The average molecular weight is 180 g/mol. The third kappa shape index (κ3) is 2.53. The summed E-state index contributed by atoms with van der Waals surface area (Å²) in [4.78, 5) is 0. The minimum absolute atomic E-state index is 0.134. The Kier molecular flexibility index (Phi) is 2.36. The van der Waals surface area contributed by atoms with Gasteiger partial charge in [-0.1, -0.05) is 5.21 Å². The van der Waals surface area contributed by atoms with Crippen LogP contribution in [-0.2, 0) is 13.1 Å². The fourth-order valence-corrected chi connectivity index (χ4v) is 0.712. The van der Waals surface area contributed by atoms with Gasteiger partial charge in [0.2, 0.25) is 0 Å². The van der Waals surface area contributed by atoms with E-state index in [9.17, 15) is 12.9 Å². The lowest BCUT2D eigenvalue weighted by atomic mass is 9.93. The highest BCUT2D eigenvalue weighted by atomic mass is 19.4. The van der Waals surface area contributed by atoms with E-state index in [0.29, 0.717) is 4.68 Å². The molecule has 0 aliphatic heterocycles. The van der Waals surface area contributed by atoms with Crippen molar-refractivity contribution in [1.82, 2.24) is 15.0 Å². The minimum atomic E-state index is -4.90. The van der Waals surface area contributed by atoms with Gasteiger partial charge >= 0.3 is 6.98 Å². The molecule has 0 spiro atoms. The van der Waals surface area contributed by atoms with Crippen LogP contribution in [0.3, 0.4) is 0 Å². The van der Waals surface area contributed by atoms with Gasteiger partial charge in [0.15, 0.2) is 0 Å². The Morgan fingerprint density at radius 1 is 1.50 bits per heavy atom. The summed E-state index contributed by atoms with van der Waals surface area (Å²) in [6, 6.07) is 0. The molecule has 1 N–H and O–H groups in total. The molecule has 1 rings (SSSR count). The van der Waals surface area contributed by atoms with Gasteiger partial charge in [0.25, 0.3) is 0 Å². The Labute approximate surface area is 66.1 Å². The number of hydrogen-bond acceptors (Lipinski definition) is 3. The fourth-order valence-electron chi connectivity index (χ4n) is 0.712. The van der Waals surface area contributed by atoms with Crippen LogP contribution in [0.25, 0.3) is 0 Å². The standard InChI is InChI=1S/C4H6BF3N3O/c6-5(7,8)3-11-1-4(2-12)9-10-11/h1,12H,2-3H2/q-1. The molecule has 1 aromatic heterocycles. The van der Waals surface area contributed by atoms with Gasteiger partial charge in [-0.2, -0.15) is 0 Å². The first-order valence-corrected chi connectivity index (χ1v) is 3.22. The Balaban J connectivity index is 2.64. The molecule has 12 heavy (non-hydrogen) atoms. The molecule has 0 aromatic carbocycles. The van der Waals surface area contributed by atoms with Gasteiger partial charge in [-0.05, 0) is 0 Å². The SMILES string of the molecule is OCc1cn(C[B-](F)(F)F)nn1. The van der Waals surface area contributed by atoms with Crippen molar-refractivity contribution in [2.75, 3.05) is 0 Å². The van der Waals surface area contributed by atoms with E-state index >= 15 is 0 Å². The van der Waals surface area contributed by atoms with E-state index in [-0.39, 0.29) is 5.69 Å². The topological polar surface area (TPSA) is 50.9 Å². The summed E-state index contributed by atoms with van der Waals surface area (Å²) in [5.74, 6) is 0. The summed E-state index contributed by atoms with van der Waals surface area (Å²) in [6.45, 7) is -5.29. The van der Waals surface area contributed by atoms with E-state index in [1.54, 1.807) is 0 Å². The number of aromatic nitrogens is 3. The molecule has 1 heterocycles. The molecule has 8 heteroatoms. The number of aliphatic hydroxyl groups is 1. The smallest absolute Gasteiger partial charge is 0.448 e. The van der Waals surface area contributed by atoms with Gasteiger partial charge in [-0.15, -0.1) is 5.10 Å². The quantitative estimate of drug-likeness (QED) is 0.673. The average Bonchev–Trinajstić information content (AvgIpc) is 2.32. The first-order chi connectivity index (χ1) is 5.51. The highest BCUT2D eigenvalue weighted by molar-refractivity contribution is 6.57. The third-order valence-electron chi connectivity index (χ3n) is 1.14. The molecule has 0 saturated carbocycles. The van der Waals surface area contributed by atoms with Crippen LogP contribution in [0.2, 0.25) is 0 Å². The Bertz CT molecular complexity index is 260. The molecule has 1 aromatic rings. The van der Waals surface area contributed by atoms with Gasteiger partial charge in [0, 0.05) is 12.6 Å². The number of hydrogen-bond donors (Lipinski definition) is 1. The first kappa shape index (κ1) is 9.05. The van der Waals surface area contributed by atoms with E-state index in [0.717, 1.165) is 6.20 Å². The molecule has 0 aliphatic rings. The lowest BCUT2D eigenvalue weighted by Gasteiger charge is -2.11. The third-order valence-corrected chi connectivity index (χ3v) is 1.14. The number of rotatable bonds is 3. The van der Waals surface area contributed by atoms with Crippen molar-refractivity contribution in [3.63, 3.8) is 0 Å². The van der Waals surface area contributed by atoms with Crippen LogP contribution in [0.5, 0.6) is 0 Å². The van der Waals surface area contributed by atoms with Crippen molar-refractivity contribution in [1.29, 1.82) is 0 Å². The second kappa shape index (κ2) is 3.14. The summed E-state index contributed by atoms with van der Waals surface area (Å²) >= 11 is 0. The van der Waals surface area contributed by atoms with Crippen LogP contribution in [0.1, 0.15) is 5.69 Å². The minimum Gasteiger partial charge on any atom is -0.448 e. The zero-order valence-corrected chi connectivity index (χ0v) is 5.99. The van der Waals surface area contributed by atoms with E-state index in [2.05, 4.69) is 10.3 Å². The lowest BCUT2D eigenvalue weighted by Crippen LogP contribution is -2.24. The number of nitrogens with zero attached hydrogens (tertiary/aromatic N) is 3. The maximum absolute atomic E-state index is 11.8. The maximum atomic E-state index is 11.8. The highest BCUT2D eigenvalue weighted by Gasteiger charge is 2.24. The molecule has 0 bridgehead atoms. The van der Waals surface area contributed by atoms with Crippen LogP contribution >= 0.6 is 0 Å². The Hall–Kier alpha value is -1.05. The van der Waals surface area contributed by atoms with Gasteiger partial charge in [0.05, 0.1) is 6.61 Å². The van der Waals surface area contributed by atoms with E-state index in [1.807, 2.05) is 0 Å². The summed E-state index contributed by atoms with van der Waals surface area (Å²) in [7, 11) is 0. The highest BCUT2D eigenvalue weighted by Crippen LogP contribution is 2.10. The Morgan fingerprint density at radius 2 is 2.17 bits per heavy atom. The molecule has 0 amide bonds. The molecular formula is C4H6BF3N3O-. The van der Waals surface area contributed by atoms with Crippen LogP contribution < -0.4 is 0 Å². The van der Waals surface area contributed by atoms with Crippen molar-refractivity contribution < 1.29 is 18.1 Å². The summed E-state index contributed by atoms with van der Waals surface area (Å²) in [6.07, 6.45) is -0.0533. The normalized spacial score (nSPS) is 12.0. The number of aliphatic hydroxyl groups excluding tert-OH is 1. The summed E-state index contributed by atoms with van der Waals surface area (Å²) in [5.41, 5.74) is 0.134. The fraction of sp³-hybridized carbons (Fsp3) is 0.500. The van der Waals surface area contributed by atoms with Crippen molar-refractivity contribution in [2.45, 2.75) is 13.1 Å². The summed E-state index contributed by atoms with van der Waals surface area (Å²) < 4.78 is 36.0. The second-order valence-corrected chi connectivity index (χ2v) is 2.30. The monoisotopic (exact) mass is 180 g/mol. The number of halogens is 3. The van der Waals surface area contributed by atoms with Crippen LogP contribution in [-0.4, -0.2) is 27.1 Å². The molecule has 0 fully saturated rings. The van der Waals surface area contributed by atoms with Gasteiger partial charge in [0.1, 0.15) is 5.69 Å². The molecule has 68 valence electrons. The van der Waals surface area contributed by atoms with Gasteiger partial charge in [-0.3, -0.25) is 4.68 Å². The molecule has 4 nitrogen and oxygen atoms in total. The van der Waals surface area contributed by atoms with Crippen LogP contribution in [0.15, 0.2) is 6.20 Å². The molecular weight excluding hydrogens is 174 g/mol. The maximum Gasteiger partial charge on any atom is 0.499 e. The zero-order valence-electron chi connectivity index (χ0n) is 5.99. The van der Waals surface area contributed by atoms with Crippen LogP contribution in [0, 0.1) is 0 Å². The van der Waals surface area contributed by atoms with E-state index < -0.39 is 20.0 Å². The molecule has 0 saturated heterocycles. The molecule has 0 aliphatic carbocycles. The first-order valence-electron chi connectivity index (χ1n) is 3.22. The van der Waals surface area contributed by atoms with Crippen molar-refractivity contribution >= 4 is 6.98 Å².